The van der Waals surface area contributed by atoms with Crippen LogP contribution < -0.4 is 5.32 Å². The standard InChI is InChI=1S/C13H14ClNS/c1-2-15-13(10-7-8-16-9-10)11-5-3-4-6-12(11)14/h3-9,13,15H,2H2,1H3. The maximum atomic E-state index is 6.24. The Balaban J connectivity index is 2.37. The molecule has 84 valence electrons. The summed E-state index contributed by atoms with van der Waals surface area (Å²) in [5.41, 5.74) is 2.42. The van der Waals surface area contributed by atoms with Crippen molar-refractivity contribution >= 4 is 22.9 Å². The summed E-state index contributed by atoms with van der Waals surface area (Å²) in [6, 6.07) is 10.3. The van der Waals surface area contributed by atoms with E-state index in [0.29, 0.717) is 0 Å². The molecule has 3 heteroatoms. The van der Waals surface area contributed by atoms with Gasteiger partial charge in [0.1, 0.15) is 0 Å². The van der Waals surface area contributed by atoms with Crippen LogP contribution in [0.5, 0.6) is 0 Å². The van der Waals surface area contributed by atoms with Gasteiger partial charge in [-0.05, 0) is 40.6 Å². The predicted molar refractivity (Wildman–Crippen MR) is 71.3 cm³/mol. The summed E-state index contributed by atoms with van der Waals surface area (Å²) in [6.07, 6.45) is 0. The average molecular weight is 252 g/mol. The topological polar surface area (TPSA) is 12.0 Å². The van der Waals surface area contributed by atoms with Crippen LogP contribution in [0.25, 0.3) is 0 Å². The molecule has 0 aliphatic carbocycles. The van der Waals surface area contributed by atoms with E-state index in [1.807, 2.05) is 18.2 Å². The van der Waals surface area contributed by atoms with Gasteiger partial charge in [0.05, 0.1) is 6.04 Å². The van der Waals surface area contributed by atoms with Crippen LogP contribution in [-0.4, -0.2) is 6.54 Å². The van der Waals surface area contributed by atoms with E-state index >= 15 is 0 Å². The molecule has 0 saturated carbocycles. The lowest BCUT2D eigenvalue weighted by Gasteiger charge is -2.18. The fourth-order valence-electron chi connectivity index (χ4n) is 1.76. The van der Waals surface area contributed by atoms with Crippen molar-refractivity contribution in [1.29, 1.82) is 0 Å². The third-order valence-electron chi connectivity index (χ3n) is 2.50. The van der Waals surface area contributed by atoms with E-state index in [9.17, 15) is 0 Å². The second kappa shape index (κ2) is 5.48. The number of benzene rings is 1. The number of nitrogens with one attached hydrogen (secondary N) is 1. The summed E-state index contributed by atoms with van der Waals surface area (Å²) in [5.74, 6) is 0. The van der Waals surface area contributed by atoms with Gasteiger partial charge >= 0.3 is 0 Å². The van der Waals surface area contributed by atoms with E-state index in [-0.39, 0.29) is 6.04 Å². The van der Waals surface area contributed by atoms with Crippen molar-refractivity contribution in [1.82, 2.24) is 5.32 Å². The molecule has 0 spiro atoms. The molecule has 1 nitrogen and oxygen atoms in total. The van der Waals surface area contributed by atoms with Crippen molar-refractivity contribution in [3.63, 3.8) is 0 Å². The van der Waals surface area contributed by atoms with Crippen molar-refractivity contribution in [3.8, 4) is 0 Å². The first-order valence-electron chi connectivity index (χ1n) is 5.33. The van der Waals surface area contributed by atoms with Gasteiger partial charge in [0.25, 0.3) is 0 Å². The third-order valence-corrected chi connectivity index (χ3v) is 3.55. The zero-order chi connectivity index (χ0) is 11.4. The molecule has 0 amide bonds. The first kappa shape index (κ1) is 11.6. The summed E-state index contributed by atoms with van der Waals surface area (Å²) >= 11 is 7.95. The number of thiophene rings is 1. The maximum absolute atomic E-state index is 6.24. The first-order chi connectivity index (χ1) is 7.83. The molecule has 2 rings (SSSR count). The highest BCUT2D eigenvalue weighted by Crippen LogP contribution is 2.29. The Morgan fingerprint density at radius 3 is 2.75 bits per heavy atom. The molecule has 1 N–H and O–H groups in total. The fraction of sp³-hybridized carbons (Fsp3) is 0.231. The second-order valence-electron chi connectivity index (χ2n) is 3.57. The van der Waals surface area contributed by atoms with Crippen molar-refractivity contribution in [2.75, 3.05) is 6.54 Å². The summed E-state index contributed by atoms with van der Waals surface area (Å²) in [6.45, 7) is 3.03. The summed E-state index contributed by atoms with van der Waals surface area (Å²) in [7, 11) is 0. The Morgan fingerprint density at radius 1 is 1.31 bits per heavy atom. The average Bonchev–Trinajstić information content (AvgIpc) is 2.80. The van der Waals surface area contributed by atoms with Gasteiger partial charge in [-0.3, -0.25) is 0 Å². The van der Waals surface area contributed by atoms with Crippen LogP contribution in [0.4, 0.5) is 0 Å². The number of hydrogen-bond donors (Lipinski definition) is 1. The minimum atomic E-state index is 0.199. The van der Waals surface area contributed by atoms with Gasteiger partial charge in [-0.2, -0.15) is 11.3 Å². The molecule has 1 aromatic carbocycles. The van der Waals surface area contributed by atoms with E-state index in [4.69, 9.17) is 11.6 Å². The predicted octanol–water partition coefficient (Wildman–Crippen LogP) is 4.10. The summed E-state index contributed by atoms with van der Waals surface area (Å²) in [4.78, 5) is 0. The van der Waals surface area contributed by atoms with Crippen molar-refractivity contribution in [2.24, 2.45) is 0 Å². The Hall–Kier alpha value is -0.830. The molecule has 1 heterocycles. The molecular weight excluding hydrogens is 238 g/mol. The molecular formula is C13H14ClNS. The lowest BCUT2D eigenvalue weighted by Crippen LogP contribution is -2.21. The van der Waals surface area contributed by atoms with Gasteiger partial charge < -0.3 is 5.32 Å². The zero-order valence-electron chi connectivity index (χ0n) is 9.11. The fourth-order valence-corrected chi connectivity index (χ4v) is 2.69. The van der Waals surface area contributed by atoms with E-state index in [1.165, 1.54) is 5.56 Å². The Labute approximate surface area is 105 Å². The normalized spacial score (nSPS) is 12.6. The van der Waals surface area contributed by atoms with Gasteiger partial charge in [-0.25, -0.2) is 0 Å². The first-order valence-corrected chi connectivity index (χ1v) is 6.65. The van der Waals surface area contributed by atoms with E-state index < -0.39 is 0 Å². The quantitative estimate of drug-likeness (QED) is 0.863. The molecule has 0 radical (unpaired) electrons. The number of rotatable bonds is 4. The zero-order valence-corrected chi connectivity index (χ0v) is 10.7. The van der Waals surface area contributed by atoms with Gasteiger partial charge in [0.15, 0.2) is 0 Å². The lowest BCUT2D eigenvalue weighted by atomic mass is 10.0. The van der Waals surface area contributed by atoms with Gasteiger partial charge in [-0.1, -0.05) is 36.7 Å². The maximum Gasteiger partial charge on any atom is 0.0599 e. The Kier molecular flexibility index (Phi) is 3.99. The minimum Gasteiger partial charge on any atom is -0.306 e. The highest BCUT2D eigenvalue weighted by atomic mass is 35.5. The lowest BCUT2D eigenvalue weighted by molar-refractivity contribution is 0.632. The number of halogens is 1. The summed E-state index contributed by atoms with van der Waals surface area (Å²) in [5, 5.41) is 8.54. The molecule has 0 fully saturated rings. The van der Waals surface area contributed by atoms with Gasteiger partial charge in [-0.15, -0.1) is 0 Å². The van der Waals surface area contributed by atoms with E-state index in [1.54, 1.807) is 11.3 Å². The van der Waals surface area contributed by atoms with Crippen molar-refractivity contribution in [3.05, 3.63) is 57.2 Å². The smallest absolute Gasteiger partial charge is 0.0599 e. The molecule has 1 aromatic heterocycles. The molecule has 0 aliphatic rings. The molecule has 0 saturated heterocycles. The molecule has 1 atom stereocenters. The van der Waals surface area contributed by atoms with Crippen LogP contribution in [0, 0.1) is 0 Å². The number of hydrogen-bond acceptors (Lipinski definition) is 2. The second-order valence-corrected chi connectivity index (χ2v) is 4.76. The minimum absolute atomic E-state index is 0.199. The van der Waals surface area contributed by atoms with Crippen molar-refractivity contribution in [2.45, 2.75) is 13.0 Å². The molecule has 0 bridgehead atoms. The molecule has 16 heavy (non-hydrogen) atoms. The Morgan fingerprint density at radius 2 is 2.12 bits per heavy atom. The molecule has 1 unspecified atom stereocenters. The van der Waals surface area contributed by atoms with Crippen LogP contribution in [-0.2, 0) is 0 Å². The van der Waals surface area contributed by atoms with E-state index in [0.717, 1.165) is 17.1 Å². The van der Waals surface area contributed by atoms with E-state index in [2.05, 4.69) is 35.1 Å². The van der Waals surface area contributed by atoms with Crippen LogP contribution in [0.2, 0.25) is 5.02 Å². The van der Waals surface area contributed by atoms with Crippen LogP contribution in [0.1, 0.15) is 24.1 Å². The summed E-state index contributed by atoms with van der Waals surface area (Å²) < 4.78 is 0. The van der Waals surface area contributed by atoms with Crippen LogP contribution in [0.15, 0.2) is 41.1 Å². The highest BCUT2D eigenvalue weighted by molar-refractivity contribution is 7.08. The van der Waals surface area contributed by atoms with Crippen LogP contribution in [0.3, 0.4) is 0 Å². The molecule has 2 aromatic rings. The highest BCUT2D eigenvalue weighted by Gasteiger charge is 2.15. The van der Waals surface area contributed by atoms with Gasteiger partial charge in [0, 0.05) is 5.02 Å². The monoisotopic (exact) mass is 251 g/mol. The van der Waals surface area contributed by atoms with Crippen molar-refractivity contribution < 1.29 is 0 Å². The van der Waals surface area contributed by atoms with Gasteiger partial charge in [0.2, 0.25) is 0 Å². The largest absolute Gasteiger partial charge is 0.306 e. The van der Waals surface area contributed by atoms with Crippen LogP contribution >= 0.6 is 22.9 Å². The SMILES string of the molecule is CCNC(c1ccsc1)c1ccccc1Cl. The third kappa shape index (κ3) is 2.46. The Bertz CT molecular complexity index is 439. The molecule has 0 aliphatic heterocycles.